The van der Waals surface area contributed by atoms with Gasteiger partial charge in [-0.2, -0.15) is 0 Å². The standard InChI is InChI=1S/C18H22N2O3/c1-18(2,3)9-11-5-4-6-12-10-20(17(23)15(11)12)13-7-8-14(21)19-16(13)22/h4-6,13H,7-10H2,1-3H3,(H,19,21,22). The van der Waals surface area contributed by atoms with E-state index in [1.54, 1.807) is 4.90 Å². The lowest BCUT2D eigenvalue weighted by molar-refractivity contribution is -0.136. The number of hydrogen-bond donors (Lipinski definition) is 1. The third kappa shape index (κ3) is 3.00. The van der Waals surface area contributed by atoms with E-state index in [0.717, 1.165) is 23.1 Å². The molecule has 1 fully saturated rings. The molecule has 0 spiro atoms. The van der Waals surface area contributed by atoms with Crippen molar-refractivity contribution in [1.29, 1.82) is 0 Å². The van der Waals surface area contributed by atoms with Crippen LogP contribution in [0.5, 0.6) is 0 Å². The molecular formula is C18H22N2O3. The highest BCUT2D eigenvalue weighted by Gasteiger charge is 2.40. The van der Waals surface area contributed by atoms with Gasteiger partial charge < -0.3 is 4.90 Å². The maximum atomic E-state index is 12.9. The van der Waals surface area contributed by atoms with Crippen molar-refractivity contribution in [3.8, 4) is 0 Å². The van der Waals surface area contributed by atoms with Crippen LogP contribution in [0.3, 0.4) is 0 Å². The van der Waals surface area contributed by atoms with Gasteiger partial charge in [-0.25, -0.2) is 0 Å². The van der Waals surface area contributed by atoms with Gasteiger partial charge >= 0.3 is 0 Å². The van der Waals surface area contributed by atoms with E-state index in [4.69, 9.17) is 0 Å². The Labute approximate surface area is 136 Å². The lowest BCUT2D eigenvalue weighted by Crippen LogP contribution is -2.52. The van der Waals surface area contributed by atoms with E-state index >= 15 is 0 Å². The number of fused-ring (bicyclic) bond motifs is 1. The number of benzene rings is 1. The molecule has 0 radical (unpaired) electrons. The highest BCUT2D eigenvalue weighted by molar-refractivity contribution is 6.06. The quantitative estimate of drug-likeness (QED) is 0.850. The Hall–Kier alpha value is -2.17. The van der Waals surface area contributed by atoms with Gasteiger partial charge in [0.25, 0.3) is 5.91 Å². The van der Waals surface area contributed by atoms with E-state index in [1.807, 2.05) is 18.2 Å². The first-order valence-corrected chi connectivity index (χ1v) is 8.02. The predicted octanol–water partition coefficient (Wildman–Crippen LogP) is 2.04. The van der Waals surface area contributed by atoms with E-state index in [0.29, 0.717) is 13.0 Å². The zero-order valence-electron chi connectivity index (χ0n) is 13.8. The van der Waals surface area contributed by atoms with Gasteiger partial charge in [-0.15, -0.1) is 0 Å². The van der Waals surface area contributed by atoms with Crippen LogP contribution in [0, 0.1) is 5.41 Å². The largest absolute Gasteiger partial charge is 0.322 e. The molecule has 23 heavy (non-hydrogen) atoms. The number of piperidine rings is 1. The van der Waals surface area contributed by atoms with Gasteiger partial charge in [-0.05, 0) is 29.4 Å². The molecule has 1 saturated heterocycles. The smallest absolute Gasteiger partial charge is 0.255 e. The summed E-state index contributed by atoms with van der Waals surface area (Å²) in [5.74, 6) is -0.710. The second-order valence-electron chi connectivity index (χ2n) is 7.59. The average molecular weight is 314 g/mol. The Morgan fingerprint density at radius 3 is 2.61 bits per heavy atom. The molecule has 0 saturated carbocycles. The number of carbonyl (C=O) groups excluding carboxylic acids is 3. The van der Waals surface area contributed by atoms with Gasteiger partial charge in [0.1, 0.15) is 6.04 Å². The molecule has 1 aromatic carbocycles. The third-order valence-electron chi connectivity index (χ3n) is 4.36. The second-order valence-corrected chi connectivity index (χ2v) is 7.59. The number of amides is 3. The SMILES string of the molecule is CC(C)(C)Cc1cccc2c1C(=O)N(C1CCC(=O)NC1=O)C2. The minimum absolute atomic E-state index is 0.0808. The van der Waals surface area contributed by atoms with Crippen LogP contribution in [0.4, 0.5) is 0 Å². The molecule has 2 aliphatic heterocycles. The minimum Gasteiger partial charge on any atom is -0.322 e. The van der Waals surface area contributed by atoms with E-state index < -0.39 is 6.04 Å². The Kier molecular flexibility index (Phi) is 3.74. The fourth-order valence-electron chi connectivity index (χ4n) is 3.41. The lowest BCUT2D eigenvalue weighted by Gasteiger charge is -2.29. The van der Waals surface area contributed by atoms with Gasteiger partial charge in [-0.3, -0.25) is 19.7 Å². The van der Waals surface area contributed by atoms with E-state index in [-0.39, 0.29) is 29.6 Å². The summed E-state index contributed by atoms with van der Waals surface area (Å²) >= 11 is 0. The average Bonchev–Trinajstić information content (AvgIpc) is 2.75. The number of imide groups is 1. The lowest BCUT2D eigenvalue weighted by atomic mass is 9.85. The van der Waals surface area contributed by atoms with Crippen molar-refractivity contribution in [3.63, 3.8) is 0 Å². The Bertz CT molecular complexity index is 688. The third-order valence-corrected chi connectivity index (χ3v) is 4.36. The van der Waals surface area contributed by atoms with Crippen molar-refractivity contribution in [2.45, 2.75) is 52.6 Å². The molecule has 1 unspecified atom stereocenters. The number of nitrogens with one attached hydrogen (secondary N) is 1. The molecular weight excluding hydrogens is 292 g/mol. The summed E-state index contributed by atoms with van der Waals surface area (Å²) in [5.41, 5.74) is 2.83. The van der Waals surface area contributed by atoms with Crippen molar-refractivity contribution in [2.24, 2.45) is 5.41 Å². The first-order chi connectivity index (χ1) is 10.8. The summed E-state index contributed by atoms with van der Waals surface area (Å²) in [5, 5.41) is 2.33. The minimum atomic E-state index is -0.546. The Morgan fingerprint density at radius 2 is 1.96 bits per heavy atom. The summed E-state index contributed by atoms with van der Waals surface area (Å²) < 4.78 is 0. The number of rotatable bonds is 2. The maximum Gasteiger partial charge on any atom is 0.255 e. The topological polar surface area (TPSA) is 66.5 Å². The summed E-state index contributed by atoms with van der Waals surface area (Å²) in [6.45, 7) is 6.87. The Morgan fingerprint density at radius 1 is 1.22 bits per heavy atom. The maximum absolute atomic E-state index is 12.9. The fourth-order valence-corrected chi connectivity index (χ4v) is 3.41. The van der Waals surface area contributed by atoms with E-state index in [2.05, 4.69) is 26.1 Å². The van der Waals surface area contributed by atoms with Crippen molar-refractivity contribution >= 4 is 17.7 Å². The molecule has 0 bridgehead atoms. The number of nitrogens with zero attached hydrogens (tertiary/aromatic N) is 1. The summed E-state index contributed by atoms with van der Waals surface area (Å²) in [6.07, 6.45) is 1.50. The summed E-state index contributed by atoms with van der Waals surface area (Å²) in [6, 6.07) is 5.37. The van der Waals surface area contributed by atoms with Crippen LogP contribution < -0.4 is 5.32 Å². The molecule has 5 heteroatoms. The van der Waals surface area contributed by atoms with Gasteiger partial charge in [0.2, 0.25) is 11.8 Å². The van der Waals surface area contributed by atoms with Crippen LogP contribution in [-0.4, -0.2) is 28.7 Å². The molecule has 1 atom stereocenters. The van der Waals surface area contributed by atoms with Crippen LogP contribution in [-0.2, 0) is 22.6 Å². The fraction of sp³-hybridized carbons (Fsp3) is 0.500. The molecule has 3 amide bonds. The van der Waals surface area contributed by atoms with Crippen LogP contribution in [0.2, 0.25) is 0 Å². The molecule has 0 aromatic heterocycles. The molecule has 1 N–H and O–H groups in total. The van der Waals surface area contributed by atoms with Crippen molar-refractivity contribution in [2.75, 3.05) is 0 Å². The van der Waals surface area contributed by atoms with Crippen molar-refractivity contribution in [3.05, 3.63) is 34.9 Å². The zero-order valence-corrected chi connectivity index (χ0v) is 13.8. The first kappa shape index (κ1) is 15.7. The van der Waals surface area contributed by atoms with Crippen LogP contribution in [0.15, 0.2) is 18.2 Å². The second kappa shape index (κ2) is 5.48. The highest BCUT2D eigenvalue weighted by Crippen LogP contribution is 2.32. The molecule has 0 aliphatic carbocycles. The van der Waals surface area contributed by atoms with Crippen LogP contribution in [0.25, 0.3) is 0 Å². The van der Waals surface area contributed by atoms with Crippen molar-refractivity contribution in [1.82, 2.24) is 10.2 Å². The normalized spacial score (nSPS) is 21.4. The summed E-state index contributed by atoms with van der Waals surface area (Å²) in [7, 11) is 0. The van der Waals surface area contributed by atoms with Gasteiger partial charge in [0.15, 0.2) is 0 Å². The molecule has 5 nitrogen and oxygen atoms in total. The highest BCUT2D eigenvalue weighted by atomic mass is 16.2. The van der Waals surface area contributed by atoms with Crippen LogP contribution >= 0.6 is 0 Å². The van der Waals surface area contributed by atoms with Gasteiger partial charge in [-0.1, -0.05) is 39.0 Å². The van der Waals surface area contributed by atoms with E-state index in [1.165, 1.54) is 0 Å². The van der Waals surface area contributed by atoms with Crippen molar-refractivity contribution < 1.29 is 14.4 Å². The monoisotopic (exact) mass is 314 g/mol. The molecule has 3 rings (SSSR count). The zero-order chi connectivity index (χ0) is 16.8. The molecule has 122 valence electrons. The van der Waals surface area contributed by atoms with E-state index in [9.17, 15) is 14.4 Å². The molecule has 2 aliphatic rings. The molecule has 2 heterocycles. The van der Waals surface area contributed by atoms with Crippen LogP contribution in [0.1, 0.15) is 55.1 Å². The molecule has 1 aromatic rings. The predicted molar refractivity (Wildman–Crippen MR) is 85.6 cm³/mol. The number of hydrogen-bond acceptors (Lipinski definition) is 3. The summed E-state index contributed by atoms with van der Waals surface area (Å²) in [4.78, 5) is 37.9. The Balaban J connectivity index is 1.89. The van der Waals surface area contributed by atoms with Gasteiger partial charge in [0, 0.05) is 18.5 Å². The number of carbonyl (C=O) groups is 3. The first-order valence-electron chi connectivity index (χ1n) is 8.02. The van der Waals surface area contributed by atoms with Gasteiger partial charge in [0.05, 0.1) is 0 Å².